The van der Waals surface area contributed by atoms with E-state index in [4.69, 9.17) is 14.5 Å². The number of hydrogen-bond donors (Lipinski definition) is 0. The van der Waals surface area contributed by atoms with Crippen molar-refractivity contribution in [2.24, 2.45) is 0 Å². The van der Waals surface area contributed by atoms with E-state index in [0.717, 1.165) is 37.8 Å². The Morgan fingerprint density at radius 1 is 0.939 bits per heavy atom. The quantitative estimate of drug-likeness (QED) is 0.358. The van der Waals surface area contributed by atoms with E-state index in [-0.39, 0.29) is 12.5 Å². The first-order valence-corrected chi connectivity index (χ1v) is 11.7. The van der Waals surface area contributed by atoms with Crippen molar-refractivity contribution >= 4 is 32.7 Å². The third-order valence-corrected chi connectivity index (χ3v) is 6.22. The molecule has 1 amide bonds. The van der Waals surface area contributed by atoms with E-state index in [2.05, 4.69) is 40.2 Å². The van der Waals surface area contributed by atoms with Gasteiger partial charge in [-0.2, -0.15) is 0 Å². The molecule has 4 aromatic rings. The molecule has 0 saturated carbocycles. The van der Waals surface area contributed by atoms with Gasteiger partial charge < -0.3 is 14.4 Å². The van der Waals surface area contributed by atoms with Gasteiger partial charge >= 0.3 is 0 Å². The Labute approximate surface area is 201 Å². The predicted octanol–water partition coefficient (Wildman–Crippen LogP) is 5.57. The van der Waals surface area contributed by atoms with Crippen LogP contribution in [0.4, 0.5) is 0 Å². The number of nitrogens with zero attached hydrogens (tertiary/aromatic N) is 2. The monoisotopic (exact) mass is 502 g/mol. The smallest absolute Gasteiger partial charge is 0.260 e. The normalized spacial score (nSPS) is 13.8. The molecule has 0 N–H and O–H groups in total. The van der Waals surface area contributed by atoms with Crippen LogP contribution in [0.5, 0.6) is 5.75 Å². The zero-order valence-electron chi connectivity index (χ0n) is 18.0. The average molecular weight is 503 g/mol. The Hall–Kier alpha value is -3.22. The second-order valence-electron chi connectivity index (χ2n) is 7.89. The summed E-state index contributed by atoms with van der Waals surface area (Å²) in [5, 5.41) is 1.10. The lowest BCUT2D eigenvalue weighted by atomic mass is 9.98. The first-order chi connectivity index (χ1) is 16.2. The number of halogens is 1. The summed E-state index contributed by atoms with van der Waals surface area (Å²) in [6, 6.07) is 26.4. The molecule has 5 nitrogen and oxygen atoms in total. The highest BCUT2D eigenvalue weighted by molar-refractivity contribution is 9.10. The van der Waals surface area contributed by atoms with Crippen molar-refractivity contribution in [2.75, 3.05) is 32.9 Å². The molecule has 1 aromatic heterocycles. The maximum absolute atomic E-state index is 12.3. The molecule has 0 unspecified atom stereocenters. The number of ether oxygens (including phenoxy) is 2. The Bertz CT molecular complexity index is 1270. The van der Waals surface area contributed by atoms with Crippen LogP contribution in [0.15, 0.2) is 83.3 Å². The minimum absolute atomic E-state index is 0.0164. The summed E-state index contributed by atoms with van der Waals surface area (Å²) in [6.45, 7) is 2.44. The summed E-state index contributed by atoms with van der Waals surface area (Å²) in [6.07, 6.45) is 0. The summed E-state index contributed by atoms with van der Waals surface area (Å²) in [5.74, 6) is 0.644. The largest absolute Gasteiger partial charge is 0.484 e. The molecule has 3 aromatic carbocycles. The molecule has 1 aliphatic rings. The van der Waals surface area contributed by atoms with Crippen molar-refractivity contribution < 1.29 is 14.3 Å². The standard InChI is InChI=1S/C27H23BrN2O3/c28-21-8-11-25-24(16-21)23(19-4-2-1-3-5-19)17-26(29-25)20-6-9-22(10-7-20)33-18-27(31)30-12-14-32-15-13-30/h1-11,16-17H,12-15,18H2. The van der Waals surface area contributed by atoms with Crippen molar-refractivity contribution in [3.05, 3.63) is 83.3 Å². The van der Waals surface area contributed by atoms with Crippen LogP contribution in [0.2, 0.25) is 0 Å². The third kappa shape index (κ3) is 4.92. The third-order valence-electron chi connectivity index (χ3n) is 5.73. The van der Waals surface area contributed by atoms with Gasteiger partial charge in [-0.3, -0.25) is 4.79 Å². The maximum atomic E-state index is 12.3. The van der Waals surface area contributed by atoms with Crippen molar-refractivity contribution in [1.82, 2.24) is 9.88 Å². The van der Waals surface area contributed by atoms with E-state index in [1.807, 2.05) is 54.6 Å². The molecule has 1 aliphatic heterocycles. The minimum atomic E-state index is -0.0164. The molecule has 0 spiro atoms. The Balaban J connectivity index is 1.40. The molecule has 6 heteroatoms. The number of benzene rings is 3. The summed E-state index contributed by atoms with van der Waals surface area (Å²) in [7, 11) is 0. The van der Waals surface area contributed by atoms with Crippen LogP contribution in [0.3, 0.4) is 0 Å². The van der Waals surface area contributed by atoms with Gasteiger partial charge in [0.2, 0.25) is 0 Å². The number of morpholine rings is 1. The van der Waals surface area contributed by atoms with Crippen molar-refractivity contribution in [3.8, 4) is 28.1 Å². The van der Waals surface area contributed by atoms with Gasteiger partial charge in [0.1, 0.15) is 5.75 Å². The van der Waals surface area contributed by atoms with Gasteiger partial charge in [-0.15, -0.1) is 0 Å². The van der Waals surface area contributed by atoms with Crippen LogP contribution in [0.25, 0.3) is 33.3 Å². The summed E-state index contributed by atoms with van der Waals surface area (Å²) < 4.78 is 12.0. The molecule has 0 atom stereocenters. The molecule has 1 saturated heterocycles. The van der Waals surface area contributed by atoms with Gasteiger partial charge in [0, 0.05) is 28.5 Å². The zero-order chi connectivity index (χ0) is 22.6. The van der Waals surface area contributed by atoms with Crippen LogP contribution in [-0.2, 0) is 9.53 Å². The highest BCUT2D eigenvalue weighted by Crippen LogP contribution is 2.34. The number of amides is 1. The molecule has 166 valence electrons. The van der Waals surface area contributed by atoms with E-state index in [9.17, 15) is 4.79 Å². The lowest BCUT2D eigenvalue weighted by Gasteiger charge is -2.26. The zero-order valence-corrected chi connectivity index (χ0v) is 19.6. The molecule has 33 heavy (non-hydrogen) atoms. The first kappa shape index (κ1) is 21.6. The molecule has 2 heterocycles. The van der Waals surface area contributed by atoms with Gasteiger partial charge in [0.15, 0.2) is 6.61 Å². The number of pyridine rings is 1. The number of rotatable bonds is 5. The number of aromatic nitrogens is 1. The molecule has 5 rings (SSSR count). The number of fused-ring (bicyclic) bond motifs is 1. The average Bonchev–Trinajstić information content (AvgIpc) is 2.88. The van der Waals surface area contributed by atoms with Gasteiger partial charge in [-0.1, -0.05) is 46.3 Å². The van der Waals surface area contributed by atoms with E-state index in [1.165, 1.54) is 0 Å². The van der Waals surface area contributed by atoms with Crippen molar-refractivity contribution in [2.45, 2.75) is 0 Å². The minimum Gasteiger partial charge on any atom is -0.484 e. The fourth-order valence-corrected chi connectivity index (χ4v) is 4.33. The van der Waals surface area contributed by atoms with E-state index < -0.39 is 0 Å². The highest BCUT2D eigenvalue weighted by atomic mass is 79.9. The van der Waals surface area contributed by atoms with Crippen molar-refractivity contribution in [3.63, 3.8) is 0 Å². The second-order valence-corrected chi connectivity index (χ2v) is 8.80. The van der Waals surface area contributed by atoms with Crippen LogP contribution >= 0.6 is 15.9 Å². The number of carbonyl (C=O) groups is 1. The maximum Gasteiger partial charge on any atom is 0.260 e. The lowest BCUT2D eigenvalue weighted by Crippen LogP contribution is -2.42. The van der Waals surface area contributed by atoms with E-state index >= 15 is 0 Å². The molecule has 0 bridgehead atoms. The Morgan fingerprint density at radius 2 is 1.70 bits per heavy atom. The Kier molecular flexibility index (Phi) is 6.37. The molecular formula is C27H23BrN2O3. The van der Waals surface area contributed by atoms with Gasteiger partial charge in [-0.25, -0.2) is 4.98 Å². The SMILES string of the molecule is O=C(COc1ccc(-c2cc(-c3ccccc3)c3cc(Br)ccc3n2)cc1)N1CCOCC1. The summed E-state index contributed by atoms with van der Waals surface area (Å²) in [5.41, 5.74) is 5.09. The summed E-state index contributed by atoms with van der Waals surface area (Å²) in [4.78, 5) is 19.0. The van der Waals surface area contributed by atoms with Crippen LogP contribution < -0.4 is 4.74 Å². The Morgan fingerprint density at radius 3 is 2.45 bits per heavy atom. The topological polar surface area (TPSA) is 51.7 Å². The van der Waals surface area contributed by atoms with Crippen molar-refractivity contribution in [1.29, 1.82) is 0 Å². The molecular weight excluding hydrogens is 480 g/mol. The fourth-order valence-electron chi connectivity index (χ4n) is 3.97. The molecule has 0 radical (unpaired) electrons. The van der Waals surface area contributed by atoms with Crippen LogP contribution in [0.1, 0.15) is 0 Å². The number of carbonyl (C=O) groups excluding carboxylic acids is 1. The van der Waals surface area contributed by atoms with Gasteiger partial charge in [0.05, 0.1) is 24.4 Å². The second kappa shape index (κ2) is 9.73. The highest BCUT2D eigenvalue weighted by Gasteiger charge is 2.17. The number of hydrogen-bond acceptors (Lipinski definition) is 4. The van der Waals surface area contributed by atoms with Gasteiger partial charge in [-0.05, 0) is 59.7 Å². The van der Waals surface area contributed by atoms with E-state index in [0.29, 0.717) is 32.1 Å². The first-order valence-electron chi connectivity index (χ1n) is 10.9. The van der Waals surface area contributed by atoms with E-state index in [1.54, 1.807) is 4.90 Å². The lowest BCUT2D eigenvalue weighted by molar-refractivity contribution is -0.137. The van der Waals surface area contributed by atoms with Gasteiger partial charge in [0.25, 0.3) is 5.91 Å². The van der Waals surface area contributed by atoms with Crippen LogP contribution in [0, 0.1) is 0 Å². The molecule has 1 fully saturated rings. The van der Waals surface area contributed by atoms with Crippen LogP contribution in [-0.4, -0.2) is 48.7 Å². The molecule has 0 aliphatic carbocycles. The predicted molar refractivity (Wildman–Crippen MR) is 133 cm³/mol. The fraction of sp³-hybridized carbons (Fsp3) is 0.185. The summed E-state index contributed by atoms with van der Waals surface area (Å²) >= 11 is 3.59.